The van der Waals surface area contributed by atoms with Crippen LogP contribution in [-0.4, -0.2) is 6.04 Å². The highest BCUT2D eigenvalue weighted by molar-refractivity contribution is 5.19. The first-order valence-electron chi connectivity index (χ1n) is 8.20. The van der Waals surface area contributed by atoms with E-state index in [1.807, 2.05) is 0 Å². The molecule has 112 valence electrons. The van der Waals surface area contributed by atoms with Crippen LogP contribution in [0.25, 0.3) is 0 Å². The van der Waals surface area contributed by atoms with Crippen LogP contribution in [0.3, 0.4) is 0 Å². The third kappa shape index (κ3) is 3.85. The lowest BCUT2D eigenvalue weighted by molar-refractivity contribution is 0.135. The highest BCUT2D eigenvalue weighted by atomic mass is 15.0. The molecule has 1 aliphatic rings. The first-order chi connectivity index (χ1) is 9.39. The summed E-state index contributed by atoms with van der Waals surface area (Å²) in [6.45, 7) is 11.9. The van der Waals surface area contributed by atoms with Crippen molar-refractivity contribution in [1.82, 2.24) is 5.32 Å². The number of rotatable bonds is 4. The van der Waals surface area contributed by atoms with Gasteiger partial charge >= 0.3 is 0 Å². The van der Waals surface area contributed by atoms with Gasteiger partial charge in [0.1, 0.15) is 0 Å². The van der Waals surface area contributed by atoms with Crippen molar-refractivity contribution in [3.8, 4) is 0 Å². The molecular formula is C19H31N. The molecule has 1 fully saturated rings. The topological polar surface area (TPSA) is 12.0 Å². The van der Waals surface area contributed by atoms with Gasteiger partial charge in [-0.2, -0.15) is 0 Å². The summed E-state index contributed by atoms with van der Waals surface area (Å²) in [5.74, 6) is 1.39. The Hall–Kier alpha value is -0.820. The maximum atomic E-state index is 3.96. The summed E-state index contributed by atoms with van der Waals surface area (Å²) in [6.07, 6.45) is 3.99. The molecule has 1 saturated carbocycles. The molecule has 0 saturated heterocycles. The van der Waals surface area contributed by atoms with Crippen LogP contribution in [0.1, 0.15) is 65.5 Å². The summed E-state index contributed by atoms with van der Waals surface area (Å²) in [5.41, 5.74) is 1.96. The Labute approximate surface area is 125 Å². The second kappa shape index (κ2) is 6.30. The Morgan fingerprint density at radius 1 is 1.15 bits per heavy atom. The summed E-state index contributed by atoms with van der Waals surface area (Å²) in [7, 11) is 0. The molecule has 0 heterocycles. The molecule has 2 rings (SSSR count). The van der Waals surface area contributed by atoms with E-state index in [1.165, 1.54) is 24.8 Å². The van der Waals surface area contributed by atoms with Crippen LogP contribution in [-0.2, 0) is 0 Å². The maximum Gasteiger partial charge on any atom is 0.0345 e. The van der Waals surface area contributed by atoms with Gasteiger partial charge in [0.2, 0.25) is 0 Å². The molecule has 1 heteroatoms. The number of hydrogen-bond donors (Lipinski definition) is 1. The minimum Gasteiger partial charge on any atom is -0.307 e. The van der Waals surface area contributed by atoms with Crippen LogP contribution in [0.15, 0.2) is 30.3 Å². The van der Waals surface area contributed by atoms with Crippen LogP contribution >= 0.6 is 0 Å². The molecule has 3 unspecified atom stereocenters. The van der Waals surface area contributed by atoms with Gasteiger partial charge in [-0.25, -0.2) is 0 Å². The SMILES string of the molecule is CC(C)C(NC1CCC(C)(C)CC1C)c1ccccc1. The molecule has 0 bridgehead atoms. The Balaban J connectivity index is 2.06. The van der Waals surface area contributed by atoms with E-state index in [9.17, 15) is 0 Å². The zero-order valence-electron chi connectivity index (χ0n) is 13.8. The quantitative estimate of drug-likeness (QED) is 0.796. The van der Waals surface area contributed by atoms with Gasteiger partial charge in [0, 0.05) is 12.1 Å². The molecule has 20 heavy (non-hydrogen) atoms. The normalized spacial score (nSPS) is 27.5. The van der Waals surface area contributed by atoms with E-state index in [1.54, 1.807) is 0 Å². The zero-order valence-corrected chi connectivity index (χ0v) is 13.8. The molecule has 0 aliphatic heterocycles. The fourth-order valence-corrected chi connectivity index (χ4v) is 3.76. The standard InChI is InChI=1S/C19H31N/c1-14(2)18(16-9-7-6-8-10-16)20-17-11-12-19(4,5)13-15(17)3/h6-10,14-15,17-18,20H,11-13H2,1-5H3. The van der Waals surface area contributed by atoms with Crippen molar-refractivity contribution in [2.24, 2.45) is 17.3 Å². The zero-order chi connectivity index (χ0) is 14.8. The first-order valence-corrected chi connectivity index (χ1v) is 8.20. The van der Waals surface area contributed by atoms with Crippen LogP contribution < -0.4 is 5.32 Å². The summed E-state index contributed by atoms with van der Waals surface area (Å²) in [5, 5.41) is 3.96. The van der Waals surface area contributed by atoms with E-state index >= 15 is 0 Å². The maximum absolute atomic E-state index is 3.96. The fraction of sp³-hybridized carbons (Fsp3) is 0.684. The molecule has 0 amide bonds. The second-order valence-corrected chi connectivity index (χ2v) is 7.79. The summed E-state index contributed by atoms with van der Waals surface area (Å²) >= 11 is 0. The van der Waals surface area contributed by atoms with Gasteiger partial charge in [0.05, 0.1) is 0 Å². The highest BCUT2D eigenvalue weighted by Gasteiger charge is 2.33. The van der Waals surface area contributed by atoms with Crippen LogP contribution in [0.5, 0.6) is 0 Å². The molecule has 1 aromatic rings. The number of benzene rings is 1. The van der Waals surface area contributed by atoms with Gasteiger partial charge in [-0.15, -0.1) is 0 Å². The van der Waals surface area contributed by atoms with E-state index in [2.05, 4.69) is 70.3 Å². The third-order valence-corrected chi connectivity index (χ3v) is 4.91. The fourth-order valence-electron chi connectivity index (χ4n) is 3.76. The van der Waals surface area contributed by atoms with E-state index in [0.717, 1.165) is 5.92 Å². The Bertz CT molecular complexity index is 407. The Morgan fingerprint density at radius 3 is 2.35 bits per heavy atom. The summed E-state index contributed by atoms with van der Waals surface area (Å²) in [4.78, 5) is 0. The largest absolute Gasteiger partial charge is 0.307 e. The average Bonchev–Trinajstić information content (AvgIpc) is 2.37. The van der Waals surface area contributed by atoms with Crippen molar-refractivity contribution in [2.45, 2.75) is 66.0 Å². The van der Waals surface area contributed by atoms with Crippen molar-refractivity contribution in [3.63, 3.8) is 0 Å². The predicted molar refractivity (Wildman–Crippen MR) is 87.7 cm³/mol. The summed E-state index contributed by atoms with van der Waals surface area (Å²) in [6, 6.07) is 12.1. The molecule has 0 aromatic heterocycles. The van der Waals surface area contributed by atoms with Crippen molar-refractivity contribution in [2.75, 3.05) is 0 Å². The average molecular weight is 273 g/mol. The van der Waals surface area contributed by atoms with E-state index in [-0.39, 0.29) is 0 Å². The molecule has 3 atom stereocenters. The van der Waals surface area contributed by atoms with Gasteiger partial charge < -0.3 is 5.32 Å². The predicted octanol–water partition coefficient (Wildman–Crippen LogP) is 5.19. The van der Waals surface area contributed by atoms with Gasteiger partial charge in [-0.1, -0.05) is 65.0 Å². The number of nitrogens with one attached hydrogen (secondary N) is 1. The smallest absolute Gasteiger partial charge is 0.0345 e. The van der Waals surface area contributed by atoms with E-state index < -0.39 is 0 Å². The third-order valence-electron chi connectivity index (χ3n) is 4.91. The lowest BCUT2D eigenvalue weighted by Crippen LogP contribution is -2.44. The molecule has 1 nitrogen and oxygen atoms in total. The molecule has 1 aromatic carbocycles. The van der Waals surface area contributed by atoms with Crippen molar-refractivity contribution in [1.29, 1.82) is 0 Å². The minimum absolute atomic E-state index is 0.477. The van der Waals surface area contributed by atoms with Gasteiger partial charge in [0.25, 0.3) is 0 Å². The molecule has 1 aliphatic carbocycles. The van der Waals surface area contributed by atoms with Crippen molar-refractivity contribution < 1.29 is 0 Å². The van der Waals surface area contributed by atoms with Crippen LogP contribution in [0.2, 0.25) is 0 Å². The van der Waals surface area contributed by atoms with E-state index in [0.29, 0.717) is 23.4 Å². The Morgan fingerprint density at radius 2 is 1.80 bits per heavy atom. The monoisotopic (exact) mass is 273 g/mol. The molecule has 0 spiro atoms. The minimum atomic E-state index is 0.477. The van der Waals surface area contributed by atoms with Crippen molar-refractivity contribution in [3.05, 3.63) is 35.9 Å². The highest BCUT2D eigenvalue weighted by Crippen LogP contribution is 2.39. The first kappa shape index (κ1) is 15.6. The van der Waals surface area contributed by atoms with Crippen LogP contribution in [0.4, 0.5) is 0 Å². The van der Waals surface area contributed by atoms with Crippen molar-refractivity contribution >= 4 is 0 Å². The molecule has 0 radical (unpaired) electrons. The number of hydrogen-bond acceptors (Lipinski definition) is 1. The summed E-state index contributed by atoms with van der Waals surface area (Å²) < 4.78 is 0. The lowest BCUT2D eigenvalue weighted by atomic mass is 9.70. The van der Waals surface area contributed by atoms with Gasteiger partial charge in [0.15, 0.2) is 0 Å². The van der Waals surface area contributed by atoms with Gasteiger partial charge in [-0.05, 0) is 42.1 Å². The second-order valence-electron chi connectivity index (χ2n) is 7.79. The lowest BCUT2D eigenvalue weighted by Gasteiger charge is -2.42. The van der Waals surface area contributed by atoms with Crippen LogP contribution in [0, 0.1) is 17.3 Å². The molecule has 1 N–H and O–H groups in total. The van der Waals surface area contributed by atoms with E-state index in [4.69, 9.17) is 0 Å². The Kier molecular flexibility index (Phi) is 4.90. The molecular weight excluding hydrogens is 242 g/mol. The van der Waals surface area contributed by atoms with Gasteiger partial charge in [-0.3, -0.25) is 0 Å².